The summed E-state index contributed by atoms with van der Waals surface area (Å²) in [5.74, 6) is 0.480. The van der Waals surface area contributed by atoms with Crippen LogP contribution in [-0.4, -0.2) is 15.5 Å². The van der Waals surface area contributed by atoms with E-state index in [9.17, 15) is 8.42 Å². The summed E-state index contributed by atoms with van der Waals surface area (Å²) in [6.07, 6.45) is 5.34. The van der Waals surface area contributed by atoms with E-state index in [1.54, 1.807) is 25.2 Å². The number of allylic oxidation sites excluding steroid dienone is 2. The maximum atomic E-state index is 13.3. The van der Waals surface area contributed by atoms with Gasteiger partial charge in [0.25, 0.3) is 10.0 Å². The van der Waals surface area contributed by atoms with Crippen molar-refractivity contribution >= 4 is 33.0 Å². The van der Waals surface area contributed by atoms with Crippen molar-refractivity contribution in [2.24, 2.45) is 5.92 Å². The van der Waals surface area contributed by atoms with Crippen molar-refractivity contribution < 1.29 is 8.42 Å². The quantitative estimate of drug-likeness (QED) is 0.496. The first-order valence-electron chi connectivity index (χ1n) is 10.3. The Bertz CT molecular complexity index is 1260. The fourth-order valence-electron chi connectivity index (χ4n) is 4.70. The van der Waals surface area contributed by atoms with Crippen molar-refractivity contribution in [1.82, 2.24) is 0 Å². The second kappa shape index (κ2) is 7.74. The van der Waals surface area contributed by atoms with Crippen LogP contribution in [0.15, 0.2) is 89.8 Å². The predicted octanol–water partition coefficient (Wildman–Crippen LogP) is 5.99. The summed E-state index contributed by atoms with van der Waals surface area (Å²) in [6.45, 7) is 0. The Morgan fingerprint density at radius 2 is 1.81 bits per heavy atom. The van der Waals surface area contributed by atoms with Crippen LogP contribution in [0.4, 0.5) is 11.4 Å². The van der Waals surface area contributed by atoms with Crippen LogP contribution in [0, 0.1) is 5.92 Å². The molecule has 1 heterocycles. The van der Waals surface area contributed by atoms with Crippen LogP contribution in [0.5, 0.6) is 0 Å². The minimum atomic E-state index is -3.66. The molecule has 158 valence electrons. The SMILES string of the molecule is CN(c1ccccc1)S(=O)(=O)c1ccc2c(c1)C1C=CCC1C(c1cccc(Cl)c1)N2. The molecule has 1 aliphatic heterocycles. The highest BCUT2D eigenvalue weighted by Crippen LogP contribution is 2.50. The number of rotatable bonds is 4. The van der Waals surface area contributed by atoms with Crippen molar-refractivity contribution in [1.29, 1.82) is 0 Å². The number of sulfonamides is 1. The number of nitrogens with zero attached hydrogens (tertiary/aromatic N) is 1. The minimum absolute atomic E-state index is 0.126. The van der Waals surface area contributed by atoms with Gasteiger partial charge in [-0.1, -0.05) is 54.1 Å². The maximum absolute atomic E-state index is 13.3. The summed E-state index contributed by atoms with van der Waals surface area (Å²) in [5.41, 5.74) is 3.79. The molecule has 0 saturated carbocycles. The van der Waals surface area contributed by atoms with Gasteiger partial charge in [-0.2, -0.15) is 0 Å². The number of fused-ring (bicyclic) bond motifs is 3. The lowest BCUT2D eigenvalue weighted by molar-refractivity contribution is 0.425. The zero-order chi connectivity index (χ0) is 21.6. The van der Waals surface area contributed by atoms with Crippen LogP contribution >= 0.6 is 11.6 Å². The third kappa shape index (κ3) is 3.52. The largest absolute Gasteiger partial charge is 0.378 e. The van der Waals surface area contributed by atoms with Gasteiger partial charge < -0.3 is 5.32 Å². The van der Waals surface area contributed by atoms with E-state index < -0.39 is 10.0 Å². The standard InChI is InChI=1S/C25H23ClN2O2S/c1-28(19-9-3-2-4-10-19)31(29,30)20-13-14-24-23(16-20)21-11-6-12-22(21)25(27-24)17-7-5-8-18(26)15-17/h2-11,13-16,21-22,25,27H,12H2,1H3. The first-order valence-corrected chi connectivity index (χ1v) is 12.1. The Labute approximate surface area is 188 Å². The Balaban J connectivity index is 1.53. The van der Waals surface area contributed by atoms with E-state index in [1.807, 2.05) is 48.5 Å². The van der Waals surface area contributed by atoms with Gasteiger partial charge in [-0.3, -0.25) is 4.31 Å². The highest BCUT2D eigenvalue weighted by molar-refractivity contribution is 7.92. The smallest absolute Gasteiger partial charge is 0.264 e. The molecule has 0 radical (unpaired) electrons. The van der Waals surface area contributed by atoms with Gasteiger partial charge in [-0.25, -0.2) is 8.42 Å². The molecule has 0 aromatic heterocycles. The molecule has 3 aromatic carbocycles. The van der Waals surface area contributed by atoms with Gasteiger partial charge in [0.15, 0.2) is 0 Å². The molecule has 1 aliphatic carbocycles. The summed E-state index contributed by atoms with van der Waals surface area (Å²) in [6, 6.07) is 22.6. The molecule has 4 nitrogen and oxygen atoms in total. The summed E-state index contributed by atoms with van der Waals surface area (Å²) >= 11 is 6.24. The van der Waals surface area contributed by atoms with Gasteiger partial charge >= 0.3 is 0 Å². The van der Waals surface area contributed by atoms with Crippen molar-refractivity contribution in [2.75, 3.05) is 16.7 Å². The number of hydrogen-bond acceptors (Lipinski definition) is 3. The monoisotopic (exact) mass is 450 g/mol. The van der Waals surface area contributed by atoms with Gasteiger partial charge in [0.2, 0.25) is 0 Å². The molecule has 0 bridgehead atoms. The Morgan fingerprint density at radius 3 is 2.58 bits per heavy atom. The molecule has 0 fully saturated rings. The fourth-order valence-corrected chi connectivity index (χ4v) is 6.13. The lowest BCUT2D eigenvalue weighted by atomic mass is 9.77. The Kier molecular flexibility index (Phi) is 5.03. The van der Waals surface area contributed by atoms with Crippen LogP contribution in [0.2, 0.25) is 5.02 Å². The lowest BCUT2D eigenvalue weighted by Crippen LogP contribution is -2.30. The molecule has 2 aliphatic rings. The number of anilines is 2. The van der Waals surface area contributed by atoms with E-state index in [0.29, 0.717) is 16.5 Å². The minimum Gasteiger partial charge on any atom is -0.378 e. The number of nitrogens with one attached hydrogen (secondary N) is 1. The van der Waals surface area contributed by atoms with Crippen LogP contribution in [0.25, 0.3) is 0 Å². The zero-order valence-corrected chi connectivity index (χ0v) is 18.6. The van der Waals surface area contributed by atoms with E-state index in [2.05, 4.69) is 23.5 Å². The highest BCUT2D eigenvalue weighted by atomic mass is 35.5. The van der Waals surface area contributed by atoms with E-state index in [4.69, 9.17) is 11.6 Å². The topological polar surface area (TPSA) is 49.4 Å². The van der Waals surface area contributed by atoms with Gasteiger partial charge in [-0.05, 0) is 65.9 Å². The fraction of sp³-hybridized carbons (Fsp3) is 0.200. The molecule has 1 N–H and O–H groups in total. The van der Waals surface area contributed by atoms with Crippen molar-refractivity contribution in [3.8, 4) is 0 Å². The third-order valence-electron chi connectivity index (χ3n) is 6.32. The molecule has 3 unspecified atom stereocenters. The van der Waals surface area contributed by atoms with Crippen LogP contribution < -0.4 is 9.62 Å². The molecule has 31 heavy (non-hydrogen) atoms. The van der Waals surface area contributed by atoms with Crippen molar-refractivity contribution in [3.05, 3.63) is 101 Å². The van der Waals surface area contributed by atoms with Gasteiger partial charge in [0.05, 0.1) is 16.6 Å². The molecule has 0 saturated heterocycles. The van der Waals surface area contributed by atoms with Gasteiger partial charge in [-0.15, -0.1) is 0 Å². The molecule has 6 heteroatoms. The number of para-hydroxylation sites is 1. The van der Waals surface area contributed by atoms with E-state index in [1.165, 1.54) is 4.31 Å². The van der Waals surface area contributed by atoms with E-state index in [0.717, 1.165) is 28.3 Å². The molecular weight excluding hydrogens is 428 g/mol. The molecule has 5 rings (SSSR count). The number of halogens is 1. The first-order chi connectivity index (χ1) is 14.9. The van der Waals surface area contributed by atoms with Gasteiger partial charge in [0, 0.05) is 23.7 Å². The van der Waals surface area contributed by atoms with Crippen molar-refractivity contribution in [3.63, 3.8) is 0 Å². The summed E-state index contributed by atoms with van der Waals surface area (Å²) in [5, 5.41) is 4.36. The third-order valence-corrected chi connectivity index (χ3v) is 8.34. The highest BCUT2D eigenvalue weighted by Gasteiger charge is 2.38. The van der Waals surface area contributed by atoms with E-state index in [-0.39, 0.29) is 12.0 Å². The average molecular weight is 451 g/mol. The lowest BCUT2D eigenvalue weighted by Gasteiger charge is -2.38. The van der Waals surface area contributed by atoms with Gasteiger partial charge in [0.1, 0.15) is 0 Å². The normalized spacial score (nSPS) is 21.8. The summed E-state index contributed by atoms with van der Waals surface area (Å²) in [7, 11) is -2.07. The van der Waals surface area contributed by atoms with Crippen LogP contribution in [0.1, 0.15) is 29.5 Å². The molecule has 3 aromatic rings. The van der Waals surface area contributed by atoms with E-state index >= 15 is 0 Å². The predicted molar refractivity (Wildman–Crippen MR) is 126 cm³/mol. The summed E-state index contributed by atoms with van der Waals surface area (Å²) in [4.78, 5) is 0.305. The molecule has 3 atom stereocenters. The maximum Gasteiger partial charge on any atom is 0.264 e. The molecular formula is C25H23ClN2O2S. The zero-order valence-electron chi connectivity index (χ0n) is 17.1. The summed E-state index contributed by atoms with van der Waals surface area (Å²) < 4.78 is 27.9. The van der Waals surface area contributed by atoms with Crippen molar-refractivity contribution in [2.45, 2.75) is 23.3 Å². The number of benzene rings is 3. The average Bonchev–Trinajstić information content (AvgIpc) is 3.28. The number of hydrogen-bond donors (Lipinski definition) is 1. The van der Waals surface area contributed by atoms with Crippen LogP contribution in [-0.2, 0) is 10.0 Å². The van der Waals surface area contributed by atoms with Crippen LogP contribution in [0.3, 0.4) is 0 Å². The molecule has 0 amide bonds. The second-order valence-corrected chi connectivity index (χ2v) is 10.5. The second-order valence-electron chi connectivity index (χ2n) is 8.09. The Hall–Kier alpha value is -2.76. The first kappa shape index (κ1) is 20.2. The molecule has 0 spiro atoms. The Morgan fingerprint density at radius 1 is 1.00 bits per heavy atom.